The van der Waals surface area contributed by atoms with Crippen LogP contribution in [0.25, 0.3) is 5.57 Å². The van der Waals surface area contributed by atoms with Gasteiger partial charge < -0.3 is 10.5 Å². The van der Waals surface area contributed by atoms with Crippen LogP contribution in [0, 0.1) is 6.92 Å². The first kappa shape index (κ1) is 13.0. The maximum atomic E-state index is 11.7. The van der Waals surface area contributed by atoms with Crippen molar-refractivity contribution < 1.29 is 14.3 Å². The van der Waals surface area contributed by atoms with Gasteiger partial charge in [-0.3, -0.25) is 4.79 Å². The van der Waals surface area contributed by atoms with Crippen molar-refractivity contribution in [2.75, 3.05) is 6.61 Å². The fourth-order valence-electron chi connectivity index (χ4n) is 1.34. The second kappa shape index (κ2) is 5.84. The molecule has 1 rings (SSSR count). The molecule has 0 spiro atoms. The third-order valence-electron chi connectivity index (χ3n) is 2.14. The van der Waals surface area contributed by atoms with Crippen molar-refractivity contribution in [2.24, 2.45) is 5.73 Å². The van der Waals surface area contributed by atoms with E-state index in [2.05, 4.69) is 0 Å². The number of nitrogens with two attached hydrogens (primary N) is 1. The maximum Gasteiger partial charge on any atom is 0.338 e. The van der Waals surface area contributed by atoms with Crippen molar-refractivity contribution in [1.29, 1.82) is 0 Å². The Balaban J connectivity index is 3.11. The van der Waals surface area contributed by atoms with Crippen molar-refractivity contribution in [1.82, 2.24) is 0 Å². The van der Waals surface area contributed by atoms with E-state index in [1.54, 1.807) is 19.1 Å². The topological polar surface area (TPSA) is 69.4 Å². The van der Waals surface area contributed by atoms with Gasteiger partial charge in [0, 0.05) is 6.08 Å². The first-order valence-electron chi connectivity index (χ1n) is 5.30. The average molecular weight is 233 g/mol. The summed E-state index contributed by atoms with van der Waals surface area (Å²) in [6.07, 6.45) is 1.09. The Kier molecular flexibility index (Phi) is 4.46. The summed E-state index contributed by atoms with van der Waals surface area (Å²) in [4.78, 5) is 22.6. The van der Waals surface area contributed by atoms with E-state index in [0.29, 0.717) is 5.56 Å². The molecule has 0 aliphatic heterocycles. The molecule has 1 amide bonds. The number of aryl methyl sites for hydroxylation is 1. The van der Waals surface area contributed by atoms with Crippen molar-refractivity contribution >= 4 is 17.4 Å². The summed E-state index contributed by atoms with van der Waals surface area (Å²) in [6, 6.07) is 7.20. The Morgan fingerprint density at radius 3 is 2.35 bits per heavy atom. The monoisotopic (exact) mass is 233 g/mol. The van der Waals surface area contributed by atoms with Crippen LogP contribution >= 0.6 is 0 Å². The summed E-state index contributed by atoms with van der Waals surface area (Å²) in [5, 5.41) is 0. The van der Waals surface area contributed by atoms with Gasteiger partial charge in [-0.25, -0.2) is 4.79 Å². The maximum absolute atomic E-state index is 11.7. The third kappa shape index (κ3) is 3.75. The number of amides is 1. The van der Waals surface area contributed by atoms with Crippen molar-refractivity contribution in [3.05, 3.63) is 41.5 Å². The lowest BCUT2D eigenvalue weighted by Crippen LogP contribution is -2.13. The molecule has 0 atom stereocenters. The van der Waals surface area contributed by atoms with Crippen LogP contribution in [0.4, 0.5) is 0 Å². The molecule has 0 saturated carbocycles. The van der Waals surface area contributed by atoms with Crippen molar-refractivity contribution in [2.45, 2.75) is 13.8 Å². The largest absolute Gasteiger partial charge is 0.462 e. The molecule has 0 bridgehead atoms. The molecule has 1 aromatic rings. The molecule has 4 nitrogen and oxygen atoms in total. The lowest BCUT2D eigenvalue weighted by atomic mass is 10.0. The number of hydrogen-bond acceptors (Lipinski definition) is 3. The van der Waals surface area contributed by atoms with E-state index in [9.17, 15) is 9.59 Å². The van der Waals surface area contributed by atoms with Crippen LogP contribution in [0.1, 0.15) is 18.1 Å². The molecule has 4 heteroatoms. The second-order valence-electron chi connectivity index (χ2n) is 3.55. The molecule has 0 aliphatic carbocycles. The van der Waals surface area contributed by atoms with Gasteiger partial charge in [-0.05, 0) is 19.4 Å². The molecule has 0 heterocycles. The second-order valence-corrected chi connectivity index (χ2v) is 3.55. The fraction of sp³-hybridized carbons (Fsp3) is 0.231. The molecule has 17 heavy (non-hydrogen) atoms. The summed E-state index contributed by atoms with van der Waals surface area (Å²) < 4.78 is 4.87. The Morgan fingerprint density at radius 1 is 1.29 bits per heavy atom. The Morgan fingerprint density at radius 2 is 1.88 bits per heavy atom. The Labute approximate surface area is 100 Å². The van der Waals surface area contributed by atoms with E-state index in [-0.39, 0.29) is 12.2 Å². The first-order chi connectivity index (χ1) is 8.04. The van der Waals surface area contributed by atoms with Gasteiger partial charge in [-0.15, -0.1) is 0 Å². The first-order valence-corrected chi connectivity index (χ1v) is 5.30. The van der Waals surface area contributed by atoms with E-state index >= 15 is 0 Å². The highest BCUT2D eigenvalue weighted by molar-refractivity contribution is 6.20. The van der Waals surface area contributed by atoms with E-state index in [0.717, 1.165) is 11.6 Å². The molecule has 2 N–H and O–H groups in total. The summed E-state index contributed by atoms with van der Waals surface area (Å²) in [7, 11) is 0. The smallest absolute Gasteiger partial charge is 0.338 e. The summed E-state index contributed by atoms with van der Waals surface area (Å²) in [5.41, 5.74) is 6.94. The van der Waals surface area contributed by atoms with E-state index < -0.39 is 11.9 Å². The van der Waals surface area contributed by atoms with E-state index in [4.69, 9.17) is 10.5 Å². The molecule has 0 aromatic heterocycles. The zero-order valence-electron chi connectivity index (χ0n) is 9.90. The lowest BCUT2D eigenvalue weighted by Gasteiger charge is -2.06. The zero-order chi connectivity index (χ0) is 12.8. The number of carbonyl (C=O) groups excluding carboxylic acids is 2. The van der Waals surface area contributed by atoms with E-state index in [1.165, 1.54) is 0 Å². The fourth-order valence-corrected chi connectivity index (χ4v) is 1.34. The van der Waals surface area contributed by atoms with Crippen LogP contribution in [0.15, 0.2) is 30.3 Å². The minimum atomic E-state index is -0.673. The molecule has 0 fully saturated rings. The highest BCUT2D eigenvalue weighted by atomic mass is 16.5. The average Bonchev–Trinajstić information content (AvgIpc) is 2.27. The SMILES string of the molecule is CCOC(=O)/C(=C\C(N)=O)c1ccc(C)cc1. The summed E-state index contributed by atoms with van der Waals surface area (Å²) >= 11 is 0. The number of hydrogen-bond donors (Lipinski definition) is 1. The normalized spacial score (nSPS) is 11.1. The van der Waals surface area contributed by atoms with Gasteiger partial charge in [0.1, 0.15) is 0 Å². The van der Waals surface area contributed by atoms with Gasteiger partial charge in [-0.1, -0.05) is 29.8 Å². The number of ether oxygens (including phenoxy) is 1. The predicted octanol–water partition coefficient (Wildman–Crippen LogP) is 1.43. The Hall–Kier alpha value is -2.10. The minimum Gasteiger partial charge on any atom is -0.462 e. The van der Waals surface area contributed by atoms with Gasteiger partial charge in [0.25, 0.3) is 0 Å². The van der Waals surface area contributed by atoms with Crippen LogP contribution in [-0.4, -0.2) is 18.5 Å². The number of rotatable bonds is 4. The van der Waals surface area contributed by atoms with Crippen LogP contribution < -0.4 is 5.73 Å². The predicted molar refractivity (Wildman–Crippen MR) is 65.0 cm³/mol. The molecule has 1 aromatic carbocycles. The minimum absolute atomic E-state index is 0.180. The van der Waals surface area contributed by atoms with E-state index in [1.807, 2.05) is 19.1 Å². The highest BCUT2D eigenvalue weighted by Gasteiger charge is 2.13. The summed E-state index contributed by atoms with van der Waals surface area (Å²) in [6.45, 7) is 3.89. The highest BCUT2D eigenvalue weighted by Crippen LogP contribution is 2.16. The molecule has 0 unspecified atom stereocenters. The number of carbonyl (C=O) groups is 2. The van der Waals surface area contributed by atoms with Gasteiger partial charge >= 0.3 is 5.97 Å². The molecule has 0 aliphatic rings. The zero-order valence-corrected chi connectivity index (χ0v) is 9.90. The van der Waals surface area contributed by atoms with Gasteiger partial charge in [0.05, 0.1) is 12.2 Å². The van der Waals surface area contributed by atoms with Gasteiger partial charge in [-0.2, -0.15) is 0 Å². The van der Waals surface area contributed by atoms with Crippen LogP contribution in [0.3, 0.4) is 0 Å². The van der Waals surface area contributed by atoms with Crippen LogP contribution in [0.5, 0.6) is 0 Å². The molecular formula is C13H15NO3. The number of primary amides is 1. The Bertz CT molecular complexity index is 446. The summed E-state index contributed by atoms with van der Waals surface area (Å²) in [5.74, 6) is -1.22. The molecular weight excluding hydrogens is 218 g/mol. The molecule has 0 saturated heterocycles. The number of esters is 1. The van der Waals surface area contributed by atoms with Crippen molar-refractivity contribution in [3.63, 3.8) is 0 Å². The molecule has 0 radical (unpaired) electrons. The number of benzene rings is 1. The quantitative estimate of drug-likeness (QED) is 0.631. The lowest BCUT2D eigenvalue weighted by molar-refractivity contribution is -0.136. The van der Waals surface area contributed by atoms with Crippen LogP contribution in [0.2, 0.25) is 0 Å². The van der Waals surface area contributed by atoms with Gasteiger partial charge in [0.2, 0.25) is 5.91 Å². The van der Waals surface area contributed by atoms with Crippen molar-refractivity contribution in [3.8, 4) is 0 Å². The standard InChI is InChI=1S/C13H15NO3/c1-3-17-13(16)11(8-12(14)15)10-6-4-9(2)5-7-10/h4-8H,3H2,1-2H3,(H2,14,15)/b11-8-. The third-order valence-corrected chi connectivity index (χ3v) is 2.14. The van der Waals surface area contributed by atoms with Gasteiger partial charge in [0.15, 0.2) is 0 Å². The molecule has 90 valence electrons. The van der Waals surface area contributed by atoms with Crippen LogP contribution in [-0.2, 0) is 14.3 Å².